The fraction of sp³-hybridized carbons (Fsp3) is 0.379. The number of aromatic amines is 1. The Morgan fingerprint density at radius 3 is 2.45 bits per heavy atom. The monoisotopic (exact) mass is 531 g/mol. The molecule has 0 bridgehead atoms. The highest BCUT2D eigenvalue weighted by Crippen LogP contribution is 2.53. The first-order valence-electron chi connectivity index (χ1n) is 13.1. The van der Waals surface area contributed by atoms with Gasteiger partial charge in [-0.1, -0.05) is 79.4 Å². The van der Waals surface area contributed by atoms with Gasteiger partial charge in [0, 0.05) is 23.7 Å². The fourth-order valence-corrected chi connectivity index (χ4v) is 6.04. The van der Waals surface area contributed by atoms with Gasteiger partial charge in [-0.3, -0.25) is 14.7 Å². The zero-order chi connectivity index (χ0) is 26.3. The molecule has 1 N–H and O–H groups in total. The number of hydrogen-bond acceptors (Lipinski definition) is 5. The normalized spacial score (nSPS) is 17.8. The number of H-pyrrole nitrogens is 1. The summed E-state index contributed by atoms with van der Waals surface area (Å²) in [5, 5.41) is 3.69. The lowest BCUT2D eigenvalue weighted by Crippen LogP contribution is -2.53. The van der Waals surface area contributed by atoms with Gasteiger partial charge in [-0.2, -0.15) is 9.50 Å². The van der Waals surface area contributed by atoms with Crippen molar-refractivity contribution in [2.75, 3.05) is 7.05 Å². The van der Waals surface area contributed by atoms with Crippen LogP contribution >= 0.6 is 11.6 Å². The lowest BCUT2D eigenvalue weighted by molar-refractivity contribution is -0.168. The van der Waals surface area contributed by atoms with Crippen LogP contribution in [0.15, 0.2) is 65.5 Å². The van der Waals surface area contributed by atoms with Crippen LogP contribution in [0, 0.1) is 0 Å². The first-order chi connectivity index (χ1) is 18.4. The van der Waals surface area contributed by atoms with E-state index in [1.165, 1.54) is 10.6 Å². The number of amides is 1. The average Bonchev–Trinajstić information content (AvgIpc) is 3.64. The molecular weight excluding hydrogens is 502 g/mol. The molecule has 4 aromatic rings. The van der Waals surface area contributed by atoms with Crippen LogP contribution in [0.2, 0.25) is 5.02 Å². The molecule has 0 spiro atoms. The van der Waals surface area contributed by atoms with Crippen molar-refractivity contribution in [3.05, 3.63) is 87.3 Å². The van der Waals surface area contributed by atoms with Crippen LogP contribution < -0.4 is 5.56 Å². The molecule has 0 unspecified atom stereocenters. The van der Waals surface area contributed by atoms with Gasteiger partial charge in [-0.25, -0.2) is 4.98 Å². The molecule has 6 rings (SSSR count). The molecule has 8 nitrogen and oxygen atoms in total. The number of aromatic nitrogens is 4. The van der Waals surface area contributed by atoms with Gasteiger partial charge in [-0.15, -0.1) is 0 Å². The van der Waals surface area contributed by atoms with E-state index >= 15 is 0 Å². The second-order valence-corrected chi connectivity index (χ2v) is 10.8. The van der Waals surface area contributed by atoms with Crippen LogP contribution in [0.5, 0.6) is 0 Å². The Bertz CT molecular complexity index is 1540. The summed E-state index contributed by atoms with van der Waals surface area (Å²) in [5.41, 5.74) is 0.655. The number of rotatable bonds is 7. The maximum Gasteiger partial charge on any atom is 0.274 e. The predicted molar refractivity (Wildman–Crippen MR) is 145 cm³/mol. The largest absolute Gasteiger partial charge is 0.359 e. The van der Waals surface area contributed by atoms with E-state index in [2.05, 4.69) is 15.1 Å². The van der Waals surface area contributed by atoms with Crippen molar-refractivity contribution < 1.29 is 9.53 Å². The maximum atomic E-state index is 14.1. The minimum Gasteiger partial charge on any atom is -0.359 e. The van der Waals surface area contributed by atoms with E-state index in [0.29, 0.717) is 29.4 Å². The second kappa shape index (κ2) is 9.67. The van der Waals surface area contributed by atoms with Crippen LogP contribution in [0.25, 0.3) is 17.2 Å². The Balaban J connectivity index is 1.26. The lowest BCUT2D eigenvalue weighted by atomic mass is 9.82. The Kier molecular flexibility index (Phi) is 6.32. The molecule has 9 heteroatoms. The van der Waals surface area contributed by atoms with Crippen LogP contribution in [0.1, 0.15) is 56.2 Å². The van der Waals surface area contributed by atoms with E-state index in [1.807, 2.05) is 66.5 Å². The van der Waals surface area contributed by atoms with Gasteiger partial charge in [0.15, 0.2) is 5.82 Å². The molecule has 2 aliphatic carbocycles. The first kappa shape index (κ1) is 24.8. The van der Waals surface area contributed by atoms with Crippen LogP contribution in [0.4, 0.5) is 0 Å². The summed E-state index contributed by atoms with van der Waals surface area (Å²) in [6, 6.07) is 18.8. The van der Waals surface area contributed by atoms with Gasteiger partial charge >= 0.3 is 0 Å². The number of fused-ring (bicyclic) bond motifs is 1. The van der Waals surface area contributed by atoms with Crippen molar-refractivity contribution in [1.82, 2.24) is 24.5 Å². The Morgan fingerprint density at radius 2 is 1.74 bits per heavy atom. The van der Waals surface area contributed by atoms with Crippen LogP contribution in [-0.2, 0) is 21.7 Å². The van der Waals surface area contributed by atoms with Crippen molar-refractivity contribution in [2.24, 2.45) is 0 Å². The molecule has 38 heavy (non-hydrogen) atoms. The molecular formula is C29H30ClN5O3. The number of likely N-dealkylation sites (N-methyl/N-ethyl adjacent to an activating group) is 1. The predicted octanol–water partition coefficient (Wildman–Crippen LogP) is 5.11. The molecule has 0 saturated heterocycles. The molecule has 2 aromatic heterocycles. The highest BCUT2D eigenvalue weighted by atomic mass is 35.5. The highest BCUT2D eigenvalue weighted by Gasteiger charge is 2.55. The number of nitrogens with zero attached hydrogens (tertiary/aromatic N) is 4. The summed E-state index contributed by atoms with van der Waals surface area (Å²) in [4.78, 5) is 37.9. The number of ether oxygens (including phenoxy) is 1. The molecule has 2 aromatic carbocycles. The lowest BCUT2D eigenvalue weighted by Gasteiger charge is -2.41. The topological polar surface area (TPSA) is 92.6 Å². The second-order valence-electron chi connectivity index (χ2n) is 10.4. The van der Waals surface area contributed by atoms with Gasteiger partial charge in [0.1, 0.15) is 5.60 Å². The number of carbonyl (C=O) groups excluding carboxylic acids is 1. The number of nitrogens with one attached hydrogen (secondary N) is 1. The van der Waals surface area contributed by atoms with Crippen molar-refractivity contribution >= 4 is 23.3 Å². The van der Waals surface area contributed by atoms with E-state index in [4.69, 9.17) is 16.3 Å². The first-order valence-corrected chi connectivity index (χ1v) is 13.5. The van der Waals surface area contributed by atoms with Crippen LogP contribution in [0.3, 0.4) is 0 Å². The number of hydrogen-bond donors (Lipinski definition) is 1. The number of halogens is 1. The fourth-order valence-electron chi connectivity index (χ4n) is 5.72. The van der Waals surface area contributed by atoms with E-state index in [0.717, 1.165) is 43.2 Å². The standard InChI is InChI=1S/C29H30ClN5O3/c1-34(28(16-17-28)22-12-6-7-13-23(22)30)26(37)29(14-8-3-9-15-29)38-19-21-18-24(36)35-27(31-21)32-25(33-35)20-10-4-2-5-11-20/h2,4-7,10-13,18H,3,8-9,14-17,19H2,1H3,(H,31,32,33). The van der Waals surface area contributed by atoms with E-state index in [1.54, 1.807) is 0 Å². The molecule has 2 fully saturated rings. The summed E-state index contributed by atoms with van der Waals surface area (Å²) in [5.74, 6) is 0.799. The van der Waals surface area contributed by atoms with Gasteiger partial charge in [0.2, 0.25) is 0 Å². The third-order valence-electron chi connectivity index (χ3n) is 8.02. The number of benzene rings is 2. The van der Waals surface area contributed by atoms with Crippen LogP contribution in [-0.4, -0.2) is 43.0 Å². The maximum absolute atomic E-state index is 14.1. The molecule has 2 aliphatic rings. The third kappa shape index (κ3) is 4.31. The summed E-state index contributed by atoms with van der Waals surface area (Å²) in [7, 11) is 1.86. The van der Waals surface area contributed by atoms with Crippen molar-refractivity contribution in [3.8, 4) is 11.4 Å². The summed E-state index contributed by atoms with van der Waals surface area (Å²) < 4.78 is 7.77. The molecule has 196 valence electrons. The van der Waals surface area contributed by atoms with Crippen molar-refractivity contribution in [3.63, 3.8) is 0 Å². The smallest absolute Gasteiger partial charge is 0.274 e. The molecule has 2 saturated carbocycles. The zero-order valence-corrected chi connectivity index (χ0v) is 22.1. The highest BCUT2D eigenvalue weighted by molar-refractivity contribution is 6.31. The minimum atomic E-state index is -0.961. The zero-order valence-electron chi connectivity index (χ0n) is 21.3. The molecule has 0 atom stereocenters. The third-order valence-corrected chi connectivity index (χ3v) is 8.35. The Hall–Kier alpha value is -3.49. The summed E-state index contributed by atoms with van der Waals surface area (Å²) in [6.45, 7) is 0.0535. The molecule has 1 amide bonds. The van der Waals surface area contributed by atoms with E-state index in [-0.39, 0.29) is 23.9 Å². The van der Waals surface area contributed by atoms with Crippen molar-refractivity contribution in [1.29, 1.82) is 0 Å². The average molecular weight is 532 g/mol. The molecule has 2 heterocycles. The summed E-state index contributed by atoms with van der Waals surface area (Å²) >= 11 is 6.54. The van der Waals surface area contributed by atoms with Gasteiger partial charge in [0.25, 0.3) is 17.2 Å². The molecule has 0 radical (unpaired) electrons. The number of carbonyl (C=O) groups is 1. The quantitative estimate of drug-likeness (QED) is 0.358. The summed E-state index contributed by atoms with van der Waals surface area (Å²) in [6.07, 6.45) is 5.90. The SMILES string of the molecule is CN(C(=O)C1(OCc2cc(=O)n3[nH]c(-c4ccccc4)nc3n2)CCCCC1)C1(c2ccccc2Cl)CC1. The Labute approximate surface area is 225 Å². The Morgan fingerprint density at radius 1 is 1.03 bits per heavy atom. The van der Waals surface area contributed by atoms with Gasteiger partial charge < -0.3 is 9.64 Å². The van der Waals surface area contributed by atoms with Crippen molar-refractivity contribution in [2.45, 2.75) is 62.7 Å². The minimum absolute atomic E-state index is 0.0291. The van der Waals surface area contributed by atoms with E-state index < -0.39 is 11.1 Å². The van der Waals surface area contributed by atoms with Gasteiger partial charge in [0.05, 0.1) is 17.8 Å². The van der Waals surface area contributed by atoms with E-state index in [9.17, 15) is 9.59 Å². The van der Waals surface area contributed by atoms with Gasteiger partial charge in [-0.05, 0) is 37.3 Å². The molecule has 0 aliphatic heterocycles.